The Kier molecular flexibility index (Phi) is 11.0. The van der Waals surface area contributed by atoms with Gasteiger partial charge >= 0.3 is 12.5 Å². The van der Waals surface area contributed by atoms with Crippen LogP contribution in [-0.2, 0) is 15.6 Å². The fourth-order valence-corrected chi connectivity index (χ4v) is 6.30. The van der Waals surface area contributed by atoms with Crippen molar-refractivity contribution in [2.24, 2.45) is 17.8 Å². The molecule has 1 aliphatic heterocycles. The fourth-order valence-electron chi connectivity index (χ4n) is 6.30. The first-order valence-corrected chi connectivity index (χ1v) is 15.5. The lowest BCUT2D eigenvalue weighted by Crippen LogP contribution is -2.34. The Bertz CT molecular complexity index is 1570. The minimum atomic E-state index is -5.26. The first-order chi connectivity index (χ1) is 22.7. The van der Waals surface area contributed by atoms with Crippen molar-refractivity contribution in [3.63, 3.8) is 0 Å². The van der Waals surface area contributed by atoms with Gasteiger partial charge in [0.2, 0.25) is 0 Å². The maximum absolute atomic E-state index is 15.2. The van der Waals surface area contributed by atoms with Gasteiger partial charge in [-0.3, -0.25) is 0 Å². The van der Waals surface area contributed by atoms with E-state index in [1.807, 2.05) is 6.92 Å². The summed E-state index contributed by atoms with van der Waals surface area (Å²) in [6, 6.07) is 5.68. The molecule has 0 atom stereocenters. The molecule has 1 aliphatic carbocycles. The number of ether oxygens (including phenoxy) is 4. The summed E-state index contributed by atoms with van der Waals surface area (Å²) in [5.74, 6) is -7.20. The highest BCUT2D eigenvalue weighted by Crippen LogP contribution is 2.41. The highest BCUT2D eigenvalue weighted by atomic mass is 19.4. The molecule has 2 fully saturated rings. The third-order valence-corrected chi connectivity index (χ3v) is 8.74. The molecule has 5 rings (SSSR count). The summed E-state index contributed by atoms with van der Waals surface area (Å²) in [5.41, 5.74) is -2.24. The highest BCUT2D eigenvalue weighted by Gasteiger charge is 2.42. The topological polar surface area (TPSA) is 36.9 Å². The van der Waals surface area contributed by atoms with Crippen LogP contribution >= 0.6 is 0 Å². The molecule has 0 N–H and O–H groups in total. The minimum absolute atomic E-state index is 0.134. The van der Waals surface area contributed by atoms with Crippen LogP contribution in [0.5, 0.6) is 11.5 Å². The van der Waals surface area contributed by atoms with Crippen LogP contribution in [0.3, 0.4) is 0 Å². The van der Waals surface area contributed by atoms with Crippen LogP contribution in [0.2, 0.25) is 0 Å². The van der Waals surface area contributed by atoms with E-state index in [0.717, 1.165) is 31.2 Å². The number of halogens is 9. The van der Waals surface area contributed by atoms with Crippen molar-refractivity contribution < 1.29 is 58.5 Å². The van der Waals surface area contributed by atoms with Crippen LogP contribution in [0.1, 0.15) is 62.9 Å². The van der Waals surface area contributed by atoms with Crippen LogP contribution in [0.4, 0.5) is 39.5 Å². The average molecular weight is 689 g/mol. The van der Waals surface area contributed by atoms with Crippen molar-refractivity contribution in [3.05, 3.63) is 95.1 Å². The maximum atomic E-state index is 15.2. The van der Waals surface area contributed by atoms with E-state index in [9.17, 15) is 35.1 Å². The van der Waals surface area contributed by atoms with Gasteiger partial charge in [-0.2, -0.15) is 8.78 Å². The average Bonchev–Trinajstić information content (AvgIpc) is 3.01. The molecule has 0 aromatic heterocycles. The van der Waals surface area contributed by atoms with Crippen molar-refractivity contribution >= 4 is 0 Å². The molecule has 2 aliphatic rings. The third-order valence-electron chi connectivity index (χ3n) is 8.74. The zero-order valence-corrected chi connectivity index (χ0v) is 25.8. The summed E-state index contributed by atoms with van der Waals surface area (Å²) in [6.07, 6.45) is 0.221. The second-order valence-electron chi connectivity index (χ2n) is 12.0. The van der Waals surface area contributed by atoms with Gasteiger partial charge in [-0.05, 0) is 80.3 Å². The molecule has 3 aromatic carbocycles. The zero-order chi connectivity index (χ0) is 34.6. The van der Waals surface area contributed by atoms with Crippen molar-refractivity contribution in [1.29, 1.82) is 0 Å². The van der Waals surface area contributed by atoms with Gasteiger partial charge in [-0.1, -0.05) is 37.1 Å². The first-order valence-electron chi connectivity index (χ1n) is 15.5. The molecule has 1 saturated carbocycles. The van der Waals surface area contributed by atoms with E-state index in [1.54, 1.807) is 0 Å². The van der Waals surface area contributed by atoms with Gasteiger partial charge in [-0.15, -0.1) is 13.2 Å². The Balaban J connectivity index is 1.22. The van der Waals surface area contributed by atoms with Gasteiger partial charge in [0, 0.05) is 23.1 Å². The van der Waals surface area contributed by atoms with Gasteiger partial charge in [0.1, 0.15) is 28.8 Å². The summed E-state index contributed by atoms with van der Waals surface area (Å²) in [6.45, 7) is 2.90. The summed E-state index contributed by atoms with van der Waals surface area (Å²) >= 11 is 0. The number of allylic oxidation sites excluding steroid dienone is 2. The molecule has 3 aromatic rings. The van der Waals surface area contributed by atoms with E-state index < -0.39 is 64.7 Å². The van der Waals surface area contributed by atoms with Gasteiger partial charge in [0.05, 0.1) is 13.2 Å². The lowest BCUT2D eigenvalue weighted by Gasteiger charge is -2.37. The van der Waals surface area contributed by atoms with E-state index in [1.165, 1.54) is 31.4 Å². The molecule has 0 spiro atoms. The van der Waals surface area contributed by atoms with Gasteiger partial charge < -0.3 is 18.9 Å². The van der Waals surface area contributed by atoms with Gasteiger partial charge in [-0.25, -0.2) is 17.6 Å². The number of benzene rings is 3. The minimum Gasteiger partial charge on any atom is -0.429 e. The fraction of sp³-hybridized carbons (Fsp3) is 0.429. The first kappa shape index (κ1) is 35.6. The van der Waals surface area contributed by atoms with Gasteiger partial charge in [0.25, 0.3) is 0 Å². The second kappa shape index (κ2) is 14.8. The van der Waals surface area contributed by atoms with Crippen molar-refractivity contribution in [1.82, 2.24) is 0 Å². The summed E-state index contributed by atoms with van der Waals surface area (Å²) in [7, 11) is 0. The molecule has 0 radical (unpaired) electrons. The molecule has 48 heavy (non-hydrogen) atoms. The Labute approximate surface area is 271 Å². The molecule has 0 bridgehead atoms. The number of hydrogen-bond acceptors (Lipinski definition) is 4. The van der Waals surface area contributed by atoms with Crippen LogP contribution in [0, 0.1) is 41.0 Å². The van der Waals surface area contributed by atoms with Crippen LogP contribution in [0.25, 0.3) is 11.1 Å². The normalized spacial score (nSPS) is 22.2. The quantitative estimate of drug-likeness (QED) is 0.157. The molecular weight excluding hydrogens is 655 g/mol. The van der Waals surface area contributed by atoms with E-state index >= 15 is 4.39 Å². The molecule has 13 heteroatoms. The monoisotopic (exact) mass is 688 g/mol. The molecule has 1 saturated heterocycles. The largest absolute Gasteiger partial charge is 0.573 e. The predicted molar refractivity (Wildman–Crippen MR) is 157 cm³/mol. The number of alkyl halides is 5. The Morgan fingerprint density at radius 2 is 1.42 bits per heavy atom. The van der Waals surface area contributed by atoms with E-state index in [-0.39, 0.29) is 17.5 Å². The molecule has 260 valence electrons. The molecule has 0 amide bonds. The Morgan fingerprint density at radius 3 is 2.00 bits per heavy atom. The standard InChI is InChI=1S/C35H33F9O4/c1-2-3-4-5-20-6-8-21(9-7-20)24-18-45-33(46-19-24)22-10-12-26(27(36)14-22)23-15-29(38)32(30(39)16-23)34(40,41)47-25-11-13-31(28(37)17-25)48-35(42,43)44/h2-3,10-17,20-21,24,33H,4-9,18-19H2,1H3/b3-2+. The smallest absolute Gasteiger partial charge is 0.429 e. The second-order valence-corrected chi connectivity index (χ2v) is 12.0. The van der Waals surface area contributed by atoms with E-state index in [4.69, 9.17) is 9.47 Å². The Morgan fingerprint density at radius 1 is 0.750 bits per heavy atom. The zero-order valence-electron chi connectivity index (χ0n) is 25.8. The molecular formula is C35H33F9O4. The highest BCUT2D eigenvalue weighted by molar-refractivity contribution is 5.65. The third kappa shape index (κ3) is 8.65. The van der Waals surface area contributed by atoms with Crippen molar-refractivity contribution in [2.75, 3.05) is 13.2 Å². The lowest BCUT2D eigenvalue weighted by atomic mass is 9.75. The van der Waals surface area contributed by atoms with Crippen LogP contribution < -0.4 is 9.47 Å². The van der Waals surface area contributed by atoms with Crippen LogP contribution in [0.15, 0.2) is 60.7 Å². The van der Waals surface area contributed by atoms with Crippen molar-refractivity contribution in [3.8, 4) is 22.6 Å². The maximum Gasteiger partial charge on any atom is 0.573 e. The van der Waals surface area contributed by atoms with Gasteiger partial charge in [0.15, 0.2) is 17.9 Å². The summed E-state index contributed by atoms with van der Waals surface area (Å²) < 4.78 is 145. The SMILES string of the molecule is C/C=C/CCC1CCC(C2COC(c3ccc(-c4cc(F)c(C(F)(F)Oc5ccc(OC(F)(F)F)c(F)c5)c(F)c4)c(F)c3)OC2)CC1. The summed E-state index contributed by atoms with van der Waals surface area (Å²) in [5, 5.41) is 0. The van der Waals surface area contributed by atoms with E-state index in [2.05, 4.69) is 21.6 Å². The number of hydrogen-bond donors (Lipinski definition) is 0. The molecule has 0 unspecified atom stereocenters. The molecule has 4 nitrogen and oxygen atoms in total. The predicted octanol–water partition coefficient (Wildman–Crippen LogP) is 10.8. The number of rotatable bonds is 10. The van der Waals surface area contributed by atoms with Crippen LogP contribution in [-0.4, -0.2) is 19.6 Å². The molecule has 1 heterocycles. The Hall–Kier alpha value is -3.71. The summed E-state index contributed by atoms with van der Waals surface area (Å²) in [4.78, 5) is 0. The van der Waals surface area contributed by atoms with E-state index in [0.29, 0.717) is 49.0 Å². The van der Waals surface area contributed by atoms with Crippen molar-refractivity contribution in [2.45, 2.75) is 64.2 Å². The lowest BCUT2D eigenvalue weighted by molar-refractivity contribution is -0.275.